The number of hydrogen-bond acceptors (Lipinski definition) is 6. The van der Waals surface area contributed by atoms with Crippen molar-refractivity contribution < 1.29 is 18.7 Å². The number of alkyl carbamates (subject to hydrolysis) is 1. The first-order chi connectivity index (χ1) is 10.8. The highest BCUT2D eigenvalue weighted by molar-refractivity contribution is 5.67. The van der Waals surface area contributed by atoms with Gasteiger partial charge >= 0.3 is 6.09 Å². The quantitative estimate of drug-likeness (QED) is 0.910. The Labute approximate surface area is 127 Å². The van der Waals surface area contributed by atoms with E-state index in [-0.39, 0.29) is 19.3 Å². The van der Waals surface area contributed by atoms with Gasteiger partial charge in [0.1, 0.15) is 12.3 Å². The first kappa shape index (κ1) is 14.5. The zero-order valence-corrected chi connectivity index (χ0v) is 12.0. The van der Waals surface area contributed by atoms with Gasteiger partial charge in [-0.3, -0.25) is 4.98 Å². The van der Waals surface area contributed by atoms with Gasteiger partial charge in [-0.15, -0.1) is 0 Å². The predicted molar refractivity (Wildman–Crippen MR) is 76.9 cm³/mol. The molecule has 0 saturated carbocycles. The van der Waals surface area contributed by atoms with Crippen molar-refractivity contribution in [3.63, 3.8) is 0 Å². The molecule has 22 heavy (non-hydrogen) atoms. The normalized spacial score (nSPS) is 17.4. The molecule has 0 spiro atoms. The fourth-order valence-corrected chi connectivity index (χ4v) is 2.27. The van der Waals surface area contributed by atoms with Gasteiger partial charge in [0.2, 0.25) is 0 Å². The number of hydrogen-bond donors (Lipinski definition) is 1. The molecule has 1 N–H and O–H groups in total. The second kappa shape index (κ2) is 7.04. The summed E-state index contributed by atoms with van der Waals surface area (Å²) in [6, 6.07) is 3.57. The summed E-state index contributed by atoms with van der Waals surface area (Å²) in [4.78, 5) is 20.2. The molecule has 0 aromatic carbocycles. The predicted octanol–water partition coefficient (Wildman–Crippen LogP) is 2.14. The van der Waals surface area contributed by atoms with Crippen LogP contribution in [-0.4, -0.2) is 35.4 Å². The second-order valence-corrected chi connectivity index (χ2v) is 4.92. The summed E-state index contributed by atoms with van der Waals surface area (Å²) in [5, 5.41) is 2.66. The van der Waals surface area contributed by atoms with Gasteiger partial charge in [-0.25, -0.2) is 9.78 Å². The minimum Gasteiger partial charge on any atom is -0.463 e. The van der Waals surface area contributed by atoms with Crippen LogP contribution in [0.3, 0.4) is 0 Å². The molecular formula is C15H17N3O4. The Morgan fingerprint density at radius 1 is 1.41 bits per heavy atom. The SMILES string of the molecule is O=C(NCc1nccnc1-c1ccco1)OCC1CCCO1. The van der Waals surface area contributed by atoms with E-state index in [2.05, 4.69) is 15.3 Å². The smallest absolute Gasteiger partial charge is 0.407 e. The van der Waals surface area contributed by atoms with E-state index in [1.165, 1.54) is 0 Å². The molecule has 1 saturated heterocycles. The lowest BCUT2D eigenvalue weighted by atomic mass is 10.2. The highest BCUT2D eigenvalue weighted by atomic mass is 16.6. The maximum Gasteiger partial charge on any atom is 0.407 e. The van der Waals surface area contributed by atoms with Gasteiger partial charge in [0.25, 0.3) is 0 Å². The van der Waals surface area contributed by atoms with E-state index in [1.807, 2.05) is 0 Å². The molecule has 3 heterocycles. The number of aromatic nitrogens is 2. The third-order valence-electron chi connectivity index (χ3n) is 3.35. The van der Waals surface area contributed by atoms with Crippen LogP contribution in [0.15, 0.2) is 35.2 Å². The standard InChI is InChI=1S/C15H17N3O4/c19-15(22-10-11-3-1-7-20-11)18-9-12-14(17-6-5-16-12)13-4-2-8-21-13/h2,4-6,8,11H,1,3,7,9-10H2,(H,18,19). The highest BCUT2D eigenvalue weighted by Gasteiger charge is 2.18. The van der Waals surface area contributed by atoms with Crippen LogP contribution in [0.5, 0.6) is 0 Å². The molecule has 0 bridgehead atoms. The summed E-state index contributed by atoms with van der Waals surface area (Å²) in [5.74, 6) is 0.609. The average molecular weight is 303 g/mol. The molecular weight excluding hydrogens is 286 g/mol. The first-order valence-electron chi connectivity index (χ1n) is 7.19. The Balaban J connectivity index is 1.54. The van der Waals surface area contributed by atoms with Gasteiger partial charge in [0, 0.05) is 19.0 Å². The van der Waals surface area contributed by atoms with Gasteiger partial charge in [0.05, 0.1) is 24.6 Å². The molecule has 1 amide bonds. The third kappa shape index (κ3) is 3.62. The number of carbonyl (C=O) groups is 1. The maximum atomic E-state index is 11.7. The van der Waals surface area contributed by atoms with Crippen molar-refractivity contribution in [3.8, 4) is 11.5 Å². The lowest BCUT2D eigenvalue weighted by Gasteiger charge is -2.11. The van der Waals surface area contributed by atoms with E-state index in [9.17, 15) is 4.79 Å². The van der Waals surface area contributed by atoms with Gasteiger partial charge in [-0.2, -0.15) is 0 Å². The molecule has 2 aromatic rings. The van der Waals surface area contributed by atoms with Gasteiger partial charge in [0.15, 0.2) is 5.76 Å². The minimum absolute atomic E-state index is 0.0148. The van der Waals surface area contributed by atoms with Crippen LogP contribution >= 0.6 is 0 Å². The van der Waals surface area contributed by atoms with E-state index in [0.29, 0.717) is 17.1 Å². The Hall–Kier alpha value is -2.41. The summed E-state index contributed by atoms with van der Waals surface area (Å²) in [6.07, 6.45) is 6.18. The average Bonchev–Trinajstić information content (AvgIpc) is 3.24. The fourth-order valence-electron chi connectivity index (χ4n) is 2.27. The molecule has 116 valence electrons. The molecule has 3 rings (SSSR count). The van der Waals surface area contributed by atoms with Crippen molar-refractivity contribution in [1.82, 2.24) is 15.3 Å². The van der Waals surface area contributed by atoms with Crippen molar-refractivity contribution >= 4 is 6.09 Å². The van der Waals surface area contributed by atoms with Crippen LogP contribution in [0.4, 0.5) is 4.79 Å². The number of amides is 1. The summed E-state index contributed by atoms with van der Waals surface area (Å²) in [7, 11) is 0. The molecule has 2 aromatic heterocycles. The van der Waals surface area contributed by atoms with Crippen molar-refractivity contribution in [3.05, 3.63) is 36.5 Å². The summed E-state index contributed by atoms with van der Waals surface area (Å²) in [6.45, 7) is 1.23. The van der Waals surface area contributed by atoms with E-state index >= 15 is 0 Å². The molecule has 7 heteroatoms. The van der Waals surface area contributed by atoms with E-state index < -0.39 is 6.09 Å². The molecule has 1 unspecified atom stereocenters. The molecule has 7 nitrogen and oxygen atoms in total. The van der Waals surface area contributed by atoms with Crippen LogP contribution < -0.4 is 5.32 Å². The van der Waals surface area contributed by atoms with Crippen molar-refractivity contribution in [2.45, 2.75) is 25.5 Å². The number of nitrogens with zero attached hydrogens (tertiary/aromatic N) is 2. The zero-order valence-electron chi connectivity index (χ0n) is 12.0. The second-order valence-electron chi connectivity index (χ2n) is 4.92. The molecule has 1 aliphatic heterocycles. The summed E-state index contributed by atoms with van der Waals surface area (Å²) in [5.41, 5.74) is 1.22. The van der Waals surface area contributed by atoms with Crippen molar-refractivity contribution in [2.75, 3.05) is 13.2 Å². The lowest BCUT2D eigenvalue weighted by Crippen LogP contribution is -2.28. The van der Waals surface area contributed by atoms with Gasteiger partial charge < -0.3 is 19.2 Å². The monoisotopic (exact) mass is 303 g/mol. The highest BCUT2D eigenvalue weighted by Crippen LogP contribution is 2.19. The minimum atomic E-state index is -0.494. The molecule has 0 radical (unpaired) electrons. The largest absolute Gasteiger partial charge is 0.463 e. The number of carbonyl (C=O) groups excluding carboxylic acids is 1. The molecule has 1 atom stereocenters. The van der Waals surface area contributed by atoms with Crippen LogP contribution in [0.25, 0.3) is 11.5 Å². The van der Waals surface area contributed by atoms with Gasteiger partial charge in [-0.05, 0) is 25.0 Å². The van der Waals surface area contributed by atoms with E-state index in [0.717, 1.165) is 19.4 Å². The number of furan rings is 1. The topological polar surface area (TPSA) is 86.5 Å². The molecule has 1 fully saturated rings. The van der Waals surface area contributed by atoms with Crippen LogP contribution in [0.1, 0.15) is 18.5 Å². The summed E-state index contributed by atoms with van der Waals surface area (Å²) < 4.78 is 15.8. The number of rotatable bonds is 5. The zero-order chi connectivity index (χ0) is 15.2. The van der Waals surface area contributed by atoms with Crippen LogP contribution in [-0.2, 0) is 16.0 Å². The van der Waals surface area contributed by atoms with Crippen LogP contribution in [0, 0.1) is 0 Å². The Morgan fingerprint density at radius 2 is 2.32 bits per heavy atom. The Kier molecular flexibility index (Phi) is 4.65. The van der Waals surface area contributed by atoms with E-state index in [4.69, 9.17) is 13.9 Å². The van der Waals surface area contributed by atoms with Gasteiger partial charge in [-0.1, -0.05) is 0 Å². The molecule has 0 aliphatic carbocycles. The Bertz CT molecular complexity index is 609. The summed E-state index contributed by atoms with van der Waals surface area (Å²) >= 11 is 0. The number of nitrogens with one attached hydrogen (secondary N) is 1. The van der Waals surface area contributed by atoms with E-state index in [1.54, 1.807) is 30.8 Å². The maximum absolute atomic E-state index is 11.7. The Morgan fingerprint density at radius 3 is 3.09 bits per heavy atom. The van der Waals surface area contributed by atoms with Crippen LogP contribution in [0.2, 0.25) is 0 Å². The molecule has 1 aliphatic rings. The number of ether oxygens (including phenoxy) is 2. The lowest BCUT2D eigenvalue weighted by molar-refractivity contribution is 0.0437. The van der Waals surface area contributed by atoms with Crippen molar-refractivity contribution in [1.29, 1.82) is 0 Å². The van der Waals surface area contributed by atoms with Crippen molar-refractivity contribution in [2.24, 2.45) is 0 Å². The first-order valence-corrected chi connectivity index (χ1v) is 7.19. The fraction of sp³-hybridized carbons (Fsp3) is 0.400. The third-order valence-corrected chi connectivity index (χ3v) is 3.35.